The summed E-state index contributed by atoms with van der Waals surface area (Å²) in [6.45, 7) is 7.54. The Kier molecular flexibility index (Phi) is 8.98. The van der Waals surface area contributed by atoms with E-state index in [0.717, 1.165) is 19.3 Å². The highest BCUT2D eigenvalue weighted by atomic mass is 32.2. The minimum absolute atomic E-state index is 0.00541. The van der Waals surface area contributed by atoms with Gasteiger partial charge in [-0.25, -0.2) is 8.42 Å². The summed E-state index contributed by atoms with van der Waals surface area (Å²) in [6, 6.07) is 3.60. The molecule has 8 heteroatoms. The average molecular weight is 415 g/mol. The molecule has 1 fully saturated rings. The highest BCUT2D eigenvalue weighted by Crippen LogP contribution is 2.17. The van der Waals surface area contributed by atoms with E-state index in [2.05, 4.69) is 0 Å². The molecule has 7 nitrogen and oxygen atoms in total. The lowest BCUT2D eigenvalue weighted by Gasteiger charge is -2.29. The van der Waals surface area contributed by atoms with Gasteiger partial charge in [-0.2, -0.15) is 4.31 Å². The smallest absolute Gasteiger partial charge is 0.238 e. The van der Waals surface area contributed by atoms with E-state index in [-0.39, 0.29) is 30.2 Å². The monoisotopic (exact) mass is 414 g/mol. The van der Waals surface area contributed by atoms with E-state index in [9.17, 15) is 13.2 Å². The number of nitrogens with zero attached hydrogens (tertiary/aromatic N) is 2. The molecule has 160 valence electrons. The molecule has 1 saturated heterocycles. The molecule has 0 bridgehead atoms. The van der Waals surface area contributed by atoms with Crippen LogP contribution < -0.4 is 0 Å². The van der Waals surface area contributed by atoms with Crippen molar-refractivity contribution in [2.45, 2.75) is 59.1 Å². The molecule has 0 radical (unpaired) electrons. The molecule has 1 aromatic rings. The second kappa shape index (κ2) is 11.0. The molecule has 1 unspecified atom stereocenters. The van der Waals surface area contributed by atoms with E-state index in [1.54, 1.807) is 17.2 Å². The fourth-order valence-corrected chi connectivity index (χ4v) is 5.01. The number of furan rings is 1. The van der Waals surface area contributed by atoms with Crippen molar-refractivity contribution in [2.24, 2.45) is 5.92 Å². The molecule has 28 heavy (non-hydrogen) atoms. The summed E-state index contributed by atoms with van der Waals surface area (Å²) in [7, 11) is -3.47. The number of ether oxygens (including phenoxy) is 1. The van der Waals surface area contributed by atoms with Crippen LogP contribution in [0.5, 0.6) is 0 Å². The standard InChI is InChI=1S/C20H34N2O5S/c1-4-5-12-28(24,25)22(13-17(2)3)16-20(23)21(14-18-8-6-10-26-18)15-19-9-7-11-27-19/h6,8,10,17,19H,4-5,7,9,11-16H2,1-3H3. The zero-order valence-electron chi connectivity index (χ0n) is 17.3. The summed E-state index contributed by atoms with van der Waals surface area (Å²) < 4.78 is 37.9. The molecule has 0 aromatic carbocycles. The Labute approximate surface area is 169 Å². The summed E-state index contributed by atoms with van der Waals surface area (Å²) >= 11 is 0. The minimum atomic E-state index is -3.47. The fraction of sp³-hybridized carbons (Fsp3) is 0.750. The van der Waals surface area contributed by atoms with Crippen LogP contribution in [0.15, 0.2) is 22.8 Å². The molecule has 0 spiro atoms. The van der Waals surface area contributed by atoms with Gasteiger partial charge in [-0.15, -0.1) is 0 Å². The minimum Gasteiger partial charge on any atom is -0.467 e. The lowest BCUT2D eigenvalue weighted by Crippen LogP contribution is -2.46. The number of hydrogen-bond acceptors (Lipinski definition) is 5. The van der Waals surface area contributed by atoms with Crippen molar-refractivity contribution in [1.29, 1.82) is 0 Å². The maximum Gasteiger partial charge on any atom is 0.238 e. The van der Waals surface area contributed by atoms with Gasteiger partial charge in [0.2, 0.25) is 15.9 Å². The van der Waals surface area contributed by atoms with E-state index in [1.807, 2.05) is 26.8 Å². The molecule has 2 rings (SSSR count). The van der Waals surface area contributed by atoms with Crippen LogP contribution in [-0.4, -0.2) is 61.6 Å². The van der Waals surface area contributed by atoms with Crippen LogP contribution in [0.25, 0.3) is 0 Å². The molecule has 2 heterocycles. The quantitative estimate of drug-likeness (QED) is 0.525. The molecule has 1 amide bonds. The van der Waals surface area contributed by atoms with Crippen LogP contribution in [-0.2, 0) is 26.1 Å². The molecule has 0 N–H and O–H groups in total. The number of rotatable bonds is 12. The van der Waals surface area contributed by atoms with Crippen LogP contribution in [0.4, 0.5) is 0 Å². The van der Waals surface area contributed by atoms with Crippen molar-refractivity contribution in [2.75, 3.05) is 32.0 Å². The number of hydrogen-bond donors (Lipinski definition) is 0. The van der Waals surface area contributed by atoms with E-state index in [1.165, 1.54) is 4.31 Å². The second-order valence-corrected chi connectivity index (χ2v) is 9.93. The van der Waals surface area contributed by atoms with Crippen molar-refractivity contribution >= 4 is 15.9 Å². The second-order valence-electron chi connectivity index (χ2n) is 7.84. The highest BCUT2D eigenvalue weighted by Gasteiger charge is 2.29. The zero-order valence-corrected chi connectivity index (χ0v) is 18.1. The molecule has 1 aliphatic rings. The first-order valence-corrected chi connectivity index (χ1v) is 11.8. The average Bonchev–Trinajstić information content (AvgIpc) is 3.32. The first-order chi connectivity index (χ1) is 13.3. The number of sulfonamides is 1. The van der Waals surface area contributed by atoms with E-state index >= 15 is 0 Å². The van der Waals surface area contributed by atoms with Gasteiger partial charge in [0, 0.05) is 19.7 Å². The van der Waals surface area contributed by atoms with Gasteiger partial charge in [0.1, 0.15) is 5.76 Å². The molecule has 1 aromatic heterocycles. The predicted molar refractivity (Wildman–Crippen MR) is 108 cm³/mol. The van der Waals surface area contributed by atoms with Gasteiger partial charge in [-0.3, -0.25) is 4.79 Å². The van der Waals surface area contributed by atoms with Crippen molar-refractivity contribution in [3.05, 3.63) is 24.2 Å². The first-order valence-electron chi connectivity index (χ1n) is 10.2. The van der Waals surface area contributed by atoms with Gasteiger partial charge in [-0.1, -0.05) is 27.2 Å². The largest absolute Gasteiger partial charge is 0.467 e. The van der Waals surface area contributed by atoms with Crippen LogP contribution in [0.3, 0.4) is 0 Å². The topological polar surface area (TPSA) is 80.1 Å². The maximum atomic E-state index is 13.1. The molecular formula is C20H34N2O5S. The number of carbonyl (C=O) groups is 1. The van der Waals surface area contributed by atoms with E-state index < -0.39 is 10.0 Å². The molecular weight excluding hydrogens is 380 g/mol. The molecule has 1 atom stereocenters. The van der Waals surface area contributed by atoms with Crippen LogP contribution in [0, 0.1) is 5.92 Å². The van der Waals surface area contributed by atoms with Gasteiger partial charge in [0.15, 0.2) is 0 Å². The van der Waals surface area contributed by atoms with Gasteiger partial charge in [0.05, 0.1) is 31.2 Å². The highest BCUT2D eigenvalue weighted by molar-refractivity contribution is 7.89. The molecule has 0 aliphatic carbocycles. The normalized spacial score (nSPS) is 17.5. The van der Waals surface area contributed by atoms with Crippen molar-refractivity contribution in [3.63, 3.8) is 0 Å². The third kappa shape index (κ3) is 7.22. The zero-order chi connectivity index (χ0) is 20.6. The van der Waals surface area contributed by atoms with E-state index in [0.29, 0.717) is 38.4 Å². The maximum absolute atomic E-state index is 13.1. The Morgan fingerprint density at radius 1 is 1.36 bits per heavy atom. The van der Waals surface area contributed by atoms with Crippen LogP contribution in [0.1, 0.15) is 52.2 Å². The van der Waals surface area contributed by atoms with Crippen molar-refractivity contribution in [3.8, 4) is 0 Å². The van der Waals surface area contributed by atoms with Gasteiger partial charge in [0.25, 0.3) is 0 Å². The summed E-state index contributed by atoms with van der Waals surface area (Å²) in [4.78, 5) is 14.8. The Hall–Kier alpha value is -1.38. The summed E-state index contributed by atoms with van der Waals surface area (Å²) in [5.74, 6) is 0.678. The third-order valence-corrected chi connectivity index (χ3v) is 6.63. The number of carbonyl (C=O) groups excluding carboxylic acids is 1. The summed E-state index contributed by atoms with van der Waals surface area (Å²) in [5, 5.41) is 0. The van der Waals surface area contributed by atoms with Crippen LogP contribution >= 0.6 is 0 Å². The summed E-state index contributed by atoms with van der Waals surface area (Å²) in [6.07, 6.45) is 4.85. The van der Waals surface area contributed by atoms with Gasteiger partial charge in [-0.05, 0) is 37.3 Å². The van der Waals surface area contributed by atoms with Gasteiger partial charge < -0.3 is 14.1 Å². The molecule has 1 aliphatic heterocycles. The van der Waals surface area contributed by atoms with Crippen molar-refractivity contribution < 1.29 is 22.4 Å². The lowest BCUT2D eigenvalue weighted by molar-refractivity contribution is -0.134. The predicted octanol–water partition coefficient (Wildman–Crippen LogP) is 2.88. The lowest BCUT2D eigenvalue weighted by atomic mass is 10.2. The van der Waals surface area contributed by atoms with Crippen LogP contribution in [0.2, 0.25) is 0 Å². The Bertz CT molecular complexity index is 681. The number of amides is 1. The van der Waals surface area contributed by atoms with E-state index in [4.69, 9.17) is 9.15 Å². The van der Waals surface area contributed by atoms with Gasteiger partial charge >= 0.3 is 0 Å². The Morgan fingerprint density at radius 3 is 2.71 bits per heavy atom. The first kappa shape index (κ1) is 22.9. The van der Waals surface area contributed by atoms with Crippen molar-refractivity contribution in [1.82, 2.24) is 9.21 Å². The fourth-order valence-electron chi connectivity index (χ4n) is 3.27. The Morgan fingerprint density at radius 2 is 2.14 bits per heavy atom. The SMILES string of the molecule is CCCCS(=O)(=O)N(CC(=O)N(Cc1ccco1)CC1CCCO1)CC(C)C. The number of unbranched alkanes of at least 4 members (excludes halogenated alkanes) is 1. The summed E-state index contributed by atoms with van der Waals surface area (Å²) in [5.41, 5.74) is 0. The third-order valence-electron chi connectivity index (χ3n) is 4.76. The molecule has 0 saturated carbocycles. The Balaban J connectivity index is 2.11.